The number of nitrogens with zero attached hydrogens (tertiary/aromatic N) is 1. The zero-order valence-electron chi connectivity index (χ0n) is 13.7. The quantitative estimate of drug-likeness (QED) is 0.804. The van der Waals surface area contributed by atoms with Gasteiger partial charge in [-0.3, -0.25) is 9.10 Å². The predicted molar refractivity (Wildman–Crippen MR) is 101 cm³/mol. The van der Waals surface area contributed by atoms with Gasteiger partial charge in [-0.1, -0.05) is 23.7 Å². The van der Waals surface area contributed by atoms with Crippen LogP contribution in [0.25, 0.3) is 6.08 Å². The summed E-state index contributed by atoms with van der Waals surface area (Å²) in [6.07, 6.45) is 3.53. The van der Waals surface area contributed by atoms with Crippen molar-refractivity contribution in [1.82, 2.24) is 0 Å². The summed E-state index contributed by atoms with van der Waals surface area (Å²) in [5.74, 6) is -0.728. The molecule has 1 N–H and O–H groups in total. The highest BCUT2D eigenvalue weighted by Gasteiger charge is 2.28. The van der Waals surface area contributed by atoms with Gasteiger partial charge in [-0.05, 0) is 48.4 Å². The Balaban J connectivity index is 1.66. The number of benzene rings is 2. The fraction of sp³-hybridized carbons (Fsp3) is 0.167. The van der Waals surface area contributed by atoms with Crippen LogP contribution < -0.4 is 9.62 Å². The fourth-order valence-electron chi connectivity index (χ4n) is 2.62. The van der Waals surface area contributed by atoms with E-state index in [0.717, 1.165) is 11.6 Å². The van der Waals surface area contributed by atoms with Gasteiger partial charge in [0, 0.05) is 12.6 Å². The van der Waals surface area contributed by atoms with Crippen LogP contribution in [0.4, 0.5) is 15.8 Å². The molecule has 0 atom stereocenters. The molecule has 1 heterocycles. The van der Waals surface area contributed by atoms with Crippen LogP contribution in [0.3, 0.4) is 0 Å². The van der Waals surface area contributed by atoms with Gasteiger partial charge in [0.1, 0.15) is 5.82 Å². The topological polar surface area (TPSA) is 66.5 Å². The lowest BCUT2D eigenvalue weighted by atomic mass is 10.2. The molecule has 1 fully saturated rings. The first-order chi connectivity index (χ1) is 12.3. The van der Waals surface area contributed by atoms with Crippen LogP contribution in [0.15, 0.2) is 48.5 Å². The van der Waals surface area contributed by atoms with Gasteiger partial charge in [0.05, 0.1) is 22.2 Å². The van der Waals surface area contributed by atoms with Crippen molar-refractivity contribution in [2.45, 2.75) is 6.42 Å². The molecule has 0 bridgehead atoms. The summed E-state index contributed by atoms with van der Waals surface area (Å²) in [5.41, 5.74) is 1.67. The number of amides is 1. The minimum atomic E-state index is -3.21. The Labute approximate surface area is 156 Å². The summed E-state index contributed by atoms with van der Waals surface area (Å²) in [6, 6.07) is 10.6. The lowest BCUT2D eigenvalue weighted by Gasteiger charge is -2.16. The zero-order chi connectivity index (χ0) is 18.7. The maximum absolute atomic E-state index is 13.0. The summed E-state index contributed by atoms with van der Waals surface area (Å²) in [5, 5.41) is 2.68. The van der Waals surface area contributed by atoms with Crippen LogP contribution in [-0.4, -0.2) is 26.6 Å². The highest BCUT2D eigenvalue weighted by Crippen LogP contribution is 2.25. The number of hydrogen-bond acceptors (Lipinski definition) is 3. The second-order valence-electron chi connectivity index (χ2n) is 5.78. The second-order valence-corrected chi connectivity index (χ2v) is 8.20. The normalized spacial score (nSPS) is 16.2. The smallest absolute Gasteiger partial charge is 0.248 e. The number of carbonyl (C=O) groups excluding carboxylic acids is 1. The molecular formula is C18H16ClFN2O3S. The van der Waals surface area contributed by atoms with Gasteiger partial charge in [-0.15, -0.1) is 0 Å². The van der Waals surface area contributed by atoms with Gasteiger partial charge in [0.2, 0.25) is 15.9 Å². The van der Waals surface area contributed by atoms with E-state index in [1.54, 1.807) is 30.3 Å². The van der Waals surface area contributed by atoms with Crippen LogP contribution in [0.5, 0.6) is 0 Å². The van der Waals surface area contributed by atoms with E-state index in [-0.39, 0.29) is 10.8 Å². The van der Waals surface area contributed by atoms with Crippen LogP contribution in [0, 0.1) is 5.82 Å². The molecule has 136 valence electrons. The van der Waals surface area contributed by atoms with E-state index in [1.165, 1.54) is 22.5 Å². The van der Waals surface area contributed by atoms with E-state index in [1.807, 2.05) is 0 Å². The second kappa shape index (κ2) is 7.47. The molecule has 1 aliphatic heterocycles. The Morgan fingerprint density at radius 3 is 2.54 bits per heavy atom. The number of anilines is 2. The molecule has 0 radical (unpaired) electrons. The number of rotatable bonds is 4. The summed E-state index contributed by atoms with van der Waals surface area (Å²) >= 11 is 5.86. The Morgan fingerprint density at radius 1 is 1.19 bits per heavy atom. The maximum atomic E-state index is 13.0. The number of nitrogens with one attached hydrogen (secondary N) is 1. The van der Waals surface area contributed by atoms with Crippen LogP contribution >= 0.6 is 11.6 Å². The number of sulfonamides is 1. The van der Waals surface area contributed by atoms with Crippen molar-refractivity contribution in [3.8, 4) is 0 Å². The molecule has 5 nitrogen and oxygen atoms in total. The SMILES string of the molecule is O=C(/C=C/c1ccc(N2CCCS2(=O)=O)cc1)Nc1ccc(F)cc1Cl. The molecule has 8 heteroatoms. The summed E-state index contributed by atoms with van der Waals surface area (Å²) < 4.78 is 38.2. The molecule has 0 aliphatic carbocycles. The van der Waals surface area contributed by atoms with Crippen molar-refractivity contribution >= 4 is 45.0 Å². The van der Waals surface area contributed by atoms with E-state index in [9.17, 15) is 17.6 Å². The first kappa shape index (κ1) is 18.4. The number of hydrogen-bond donors (Lipinski definition) is 1. The molecular weight excluding hydrogens is 379 g/mol. The molecule has 1 saturated heterocycles. The fourth-order valence-corrected chi connectivity index (χ4v) is 4.40. The first-order valence-corrected chi connectivity index (χ1v) is 9.88. The van der Waals surface area contributed by atoms with Gasteiger partial charge in [-0.2, -0.15) is 0 Å². The molecule has 2 aromatic rings. The lowest BCUT2D eigenvalue weighted by molar-refractivity contribution is -0.111. The molecule has 26 heavy (non-hydrogen) atoms. The summed E-state index contributed by atoms with van der Waals surface area (Å²) in [6.45, 7) is 0.484. The third kappa shape index (κ3) is 4.23. The molecule has 1 aliphatic rings. The number of carbonyl (C=O) groups is 1. The third-order valence-electron chi connectivity index (χ3n) is 3.90. The van der Waals surface area contributed by atoms with Crippen molar-refractivity contribution in [2.24, 2.45) is 0 Å². The highest BCUT2D eigenvalue weighted by molar-refractivity contribution is 7.93. The molecule has 0 aromatic heterocycles. The molecule has 3 rings (SSSR count). The number of halogens is 2. The van der Waals surface area contributed by atoms with E-state index < -0.39 is 21.7 Å². The minimum absolute atomic E-state index is 0.114. The Kier molecular flexibility index (Phi) is 5.29. The Morgan fingerprint density at radius 2 is 1.92 bits per heavy atom. The molecule has 0 spiro atoms. The average Bonchev–Trinajstić information content (AvgIpc) is 2.95. The van der Waals surface area contributed by atoms with Crippen LogP contribution in [0.1, 0.15) is 12.0 Å². The van der Waals surface area contributed by atoms with Crippen LogP contribution in [0.2, 0.25) is 5.02 Å². The van der Waals surface area contributed by atoms with Gasteiger partial charge in [-0.25, -0.2) is 12.8 Å². The summed E-state index contributed by atoms with van der Waals surface area (Å²) in [7, 11) is -3.21. The minimum Gasteiger partial charge on any atom is -0.321 e. The maximum Gasteiger partial charge on any atom is 0.248 e. The van der Waals surface area contributed by atoms with E-state index in [4.69, 9.17) is 11.6 Å². The van der Waals surface area contributed by atoms with Crippen molar-refractivity contribution in [1.29, 1.82) is 0 Å². The molecule has 2 aromatic carbocycles. The van der Waals surface area contributed by atoms with E-state index >= 15 is 0 Å². The third-order valence-corrected chi connectivity index (χ3v) is 6.08. The Hall–Kier alpha value is -2.38. The first-order valence-electron chi connectivity index (χ1n) is 7.90. The molecule has 0 unspecified atom stereocenters. The van der Waals surface area contributed by atoms with Crippen molar-refractivity contribution in [2.75, 3.05) is 21.9 Å². The highest BCUT2D eigenvalue weighted by atomic mass is 35.5. The van der Waals surface area contributed by atoms with Crippen LogP contribution in [-0.2, 0) is 14.8 Å². The summed E-state index contributed by atoms with van der Waals surface area (Å²) in [4.78, 5) is 11.9. The van der Waals surface area contributed by atoms with Gasteiger partial charge < -0.3 is 5.32 Å². The Bertz CT molecular complexity index is 959. The van der Waals surface area contributed by atoms with E-state index in [0.29, 0.717) is 24.3 Å². The van der Waals surface area contributed by atoms with E-state index in [2.05, 4.69) is 5.32 Å². The van der Waals surface area contributed by atoms with Crippen molar-refractivity contribution in [3.05, 3.63) is 64.9 Å². The van der Waals surface area contributed by atoms with Gasteiger partial charge in [0.15, 0.2) is 0 Å². The van der Waals surface area contributed by atoms with Gasteiger partial charge in [0.25, 0.3) is 0 Å². The average molecular weight is 395 g/mol. The standard InChI is InChI=1S/C18H16ClFN2O3S/c19-16-12-14(20)5-8-17(16)21-18(23)9-4-13-2-6-15(7-3-13)22-10-1-11-26(22,24)25/h2-9,12H,1,10-11H2,(H,21,23)/b9-4+. The monoisotopic (exact) mass is 394 g/mol. The lowest BCUT2D eigenvalue weighted by Crippen LogP contribution is -2.24. The zero-order valence-corrected chi connectivity index (χ0v) is 15.2. The predicted octanol–water partition coefficient (Wildman–Crippen LogP) is 3.67. The largest absolute Gasteiger partial charge is 0.321 e. The van der Waals surface area contributed by atoms with Crippen molar-refractivity contribution < 1.29 is 17.6 Å². The molecule has 0 saturated carbocycles. The van der Waals surface area contributed by atoms with Gasteiger partial charge >= 0.3 is 0 Å². The molecule has 1 amide bonds. The van der Waals surface area contributed by atoms with Crippen molar-refractivity contribution in [3.63, 3.8) is 0 Å².